The van der Waals surface area contributed by atoms with Gasteiger partial charge in [-0.05, 0) is 27.7 Å². The number of carbonyl (C=O) groups is 4. The Morgan fingerprint density at radius 2 is 1.86 bits per heavy atom. The molecule has 0 N–H and O–H groups in total. The first-order valence-corrected chi connectivity index (χ1v) is 6.90. The van der Waals surface area contributed by atoms with Crippen LogP contribution in [0.25, 0.3) is 0 Å². The smallest absolute Gasteiger partial charge is 0.411 e. The van der Waals surface area contributed by atoms with Gasteiger partial charge in [0.1, 0.15) is 5.60 Å². The van der Waals surface area contributed by atoms with E-state index < -0.39 is 34.9 Å². The van der Waals surface area contributed by atoms with E-state index in [9.17, 15) is 19.2 Å². The van der Waals surface area contributed by atoms with Crippen LogP contribution in [-0.4, -0.2) is 58.7 Å². The second kappa shape index (κ2) is 4.91. The summed E-state index contributed by atoms with van der Waals surface area (Å²) in [7, 11) is 0. The molecule has 1 aliphatic heterocycles. The van der Waals surface area contributed by atoms with Gasteiger partial charge in [0.15, 0.2) is 11.9 Å². The van der Waals surface area contributed by atoms with Crippen LogP contribution < -0.4 is 0 Å². The summed E-state index contributed by atoms with van der Waals surface area (Å²) >= 11 is 0. The van der Waals surface area contributed by atoms with Gasteiger partial charge in [0.2, 0.25) is 17.1 Å². The minimum atomic E-state index is -1.80. The zero-order chi connectivity index (χ0) is 16.0. The number of amides is 1. The first kappa shape index (κ1) is 15.6. The van der Waals surface area contributed by atoms with Crippen LogP contribution in [0.5, 0.6) is 0 Å². The number of ketones is 3. The molecule has 1 saturated heterocycles. The lowest BCUT2D eigenvalue weighted by molar-refractivity contribution is -0.147. The van der Waals surface area contributed by atoms with Gasteiger partial charge >= 0.3 is 6.09 Å². The molecule has 0 bridgehead atoms. The van der Waals surface area contributed by atoms with Crippen molar-refractivity contribution in [2.75, 3.05) is 13.2 Å². The summed E-state index contributed by atoms with van der Waals surface area (Å²) in [6, 6.07) is 0. The molecule has 1 spiro atoms. The lowest BCUT2D eigenvalue weighted by Crippen LogP contribution is -2.61. The molecular weight excluding hydrogens is 278 g/mol. The van der Waals surface area contributed by atoms with E-state index >= 15 is 0 Å². The zero-order valence-electron chi connectivity index (χ0n) is 12.6. The minimum Gasteiger partial charge on any atom is -0.444 e. The third-order valence-electron chi connectivity index (χ3n) is 3.46. The van der Waals surface area contributed by atoms with Crippen LogP contribution >= 0.6 is 0 Å². The Balaban J connectivity index is 2.34. The Hall–Kier alpha value is -1.76. The van der Waals surface area contributed by atoms with Crippen molar-refractivity contribution in [1.82, 2.24) is 4.90 Å². The van der Waals surface area contributed by atoms with Crippen molar-refractivity contribution in [2.45, 2.75) is 51.4 Å². The molecule has 21 heavy (non-hydrogen) atoms. The van der Waals surface area contributed by atoms with Gasteiger partial charge in [0.05, 0.1) is 0 Å². The minimum absolute atomic E-state index is 0.0190. The van der Waals surface area contributed by atoms with Crippen molar-refractivity contribution < 1.29 is 28.7 Å². The molecule has 1 heterocycles. The number of piperidine rings is 1. The molecule has 0 aromatic heterocycles. The van der Waals surface area contributed by atoms with Crippen molar-refractivity contribution in [2.24, 2.45) is 0 Å². The van der Waals surface area contributed by atoms with Gasteiger partial charge in [-0.2, -0.15) is 0 Å². The number of rotatable bonds is 2. The molecule has 1 saturated carbocycles. The molecular formula is C14H19NO6. The predicted octanol–water partition coefficient (Wildman–Crippen LogP) is 0.492. The number of nitrogens with zero attached hydrogens (tertiary/aromatic N) is 1. The SMILES string of the molecule is CCOC1C(=O)CCN(C(=O)OC(C)(C)C)C12C(=O)C2=O. The monoisotopic (exact) mass is 297 g/mol. The predicted molar refractivity (Wildman–Crippen MR) is 70.7 cm³/mol. The van der Waals surface area contributed by atoms with Crippen LogP contribution in [-0.2, 0) is 23.9 Å². The number of ether oxygens (including phenoxy) is 2. The summed E-state index contributed by atoms with van der Waals surface area (Å²) in [5.41, 5.74) is -2.56. The van der Waals surface area contributed by atoms with Crippen LogP contribution in [0.1, 0.15) is 34.1 Å². The van der Waals surface area contributed by atoms with Gasteiger partial charge in [0, 0.05) is 19.6 Å². The van der Waals surface area contributed by atoms with Gasteiger partial charge in [-0.3, -0.25) is 19.3 Å². The average Bonchev–Trinajstić information content (AvgIpc) is 2.86. The quantitative estimate of drug-likeness (QED) is 0.544. The molecule has 2 fully saturated rings. The summed E-state index contributed by atoms with van der Waals surface area (Å²) in [6.07, 6.45) is -1.96. The molecule has 7 nitrogen and oxygen atoms in total. The Morgan fingerprint density at radius 3 is 2.29 bits per heavy atom. The standard InChI is InChI=1S/C14H19NO6/c1-5-20-11-8(16)6-7-15(12(19)21-13(2,3)4)14(11)9(17)10(14)18/h11H,5-7H2,1-4H3. The van der Waals surface area contributed by atoms with E-state index in [1.807, 2.05) is 0 Å². The Bertz CT molecular complexity index is 504. The lowest BCUT2D eigenvalue weighted by atomic mass is 9.95. The summed E-state index contributed by atoms with van der Waals surface area (Å²) in [4.78, 5) is 49.0. The van der Waals surface area contributed by atoms with Crippen LogP contribution in [0.3, 0.4) is 0 Å². The summed E-state index contributed by atoms with van der Waals surface area (Å²) in [5, 5.41) is 0. The van der Waals surface area contributed by atoms with Gasteiger partial charge < -0.3 is 9.47 Å². The molecule has 116 valence electrons. The maximum Gasteiger partial charge on any atom is 0.411 e. The maximum atomic E-state index is 12.2. The Kier molecular flexibility index (Phi) is 3.65. The summed E-state index contributed by atoms with van der Waals surface area (Å²) < 4.78 is 10.5. The molecule has 2 aliphatic rings. The van der Waals surface area contributed by atoms with Gasteiger partial charge in [0.25, 0.3) is 0 Å². The molecule has 1 atom stereocenters. The van der Waals surface area contributed by atoms with Crippen molar-refractivity contribution in [3.05, 3.63) is 0 Å². The van der Waals surface area contributed by atoms with Crippen molar-refractivity contribution >= 4 is 23.4 Å². The fourth-order valence-corrected chi connectivity index (χ4v) is 2.56. The van der Waals surface area contributed by atoms with Crippen molar-refractivity contribution in [3.8, 4) is 0 Å². The van der Waals surface area contributed by atoms with E-state index in [1.165, 1.54) is 0 Å². The number of likely N-dealkylation sites (tertiary alicyclic amines) is 1. The normalized spacial score (nSPS) is 24.5. The van der Waals surface area contributed by atoms with Gasteiger partial charge in [-0.25, -0.2) is 4.79 Å². The van der Waals surface area contributed by atoms with E-state index in [0.29, 0.717) is 0 Å². The van der Waals surface area contributed by atoms with E-state index in [0.717, 1.165) is 4.90 Å². The molecule has 0 aromatic carbocycles. The van der Waals surface area contributed by atoms with Crippen LogP contribution in [0, 0.1) is 0 Å². The maximum absolute atomic E-state index is 12.2. The third-order valence-corrected chi connectivity index (χ3v) is 3.46. The highest BCUT2D eigenvalue weighted by atomic mass is 16.6. The molecule has 2 rings (SSSR count). The van der Waals surface area contributed by atoms with E-state index in [2.05, 4.69) is 0 Å². The first-order chi connectivity index (χ1) is 9.66. The molecule has 1 aliphatic carbocycles. The summed E-state index contributed by atoms with van der Waals surface area (Å²) in [6.45, 7) is 6.86. The first-order valence-electron chi connectivity index (χ1n) is 6.90. The van der Waals surface area contributed by atoms with E-state index in [4.69, 9.17) is 9.47 Å². The second-order valence-electron chi connectivity index (χ2n) is 6.11. The fourth-order valence-electron chi connectivity index (χ4n) is 2.56. The van der Waals surface area contributed by atoms with Crippen molar-refractivity contribution in [1.29, 1.82) is 0 Å². The van der Waals surface area contributed by atoms with Crippen LogP contribution in [0.15, 0.2) is 0 Å². The highest BCUT2D eigenvalue weighted by molar-refractivity contribution is 6.68. The number of Topliss-reactive ketones (excluding diaryl/α,β-unsaturated/α-hetero) is 3. The number of carbonyl (C=O) groups excluding carboxylic acids is 4. The lowest BCUT2D eigenvalue weighted by Gasteiger charge is -2.38. The van der Waals surface area contributed by atoms with Crippen LogP contribution in [0.4, 0.5) is 4.79 Å². The number of hydrogen-bond acceptors (Lipinski definition) is 6. The van der Waals surface area contributed by atoms with E-state index in [1.54, 1.807) is 27.7 Å². The molecule has 7 heteroatoms. The highest BCUT2D eigenvalue weighted by Gasteiger charge is 2.78. The molecule has 0 aromatic rings. The molecule has 1 unspecified atom stereocenters. The van der Waals surface area contributed by atoms with E-state index in [-0.39, 0.29) is 25.4 Å². The topological polar surface area (TPSA) is 90.0 Å². The largest absolute Gasteiger partial charge is 0.444 e. The fraction of sp³-hybridized carbons (Fsp3) is 0.714. The second-order valence-corrected chi connectivity index (χ2v) is 6.11. The molecule has 0 radical (unpaired) electrons. The zero-order valence-corrected chi connectivity index (χ0v) is 12.6. The average molecular weight is 297 g/mol. The van der Waals surface area contributed by atoms with Crippen LogP contribution in [0.2, 0.25) is 0 Å². The summed E-state index contributed by atoms with van der Waals surface area (Å²) in [5.74, 6) is -1.87. The Morgan fingerprint density at radius 1 is 1.29 bits per heavy atom. The third kappa shape index (κ3) is 2.35. The van der Waals surface area contributed by atoms with Gasteiger partial charge in [-0.15, -0.1) is 0 Å². The molecule has 1 amide bonds. The number of hydrogen-bond donors (Lipinski definition) is 0. The van der Waals surface area contributed by atoms with Crippen molar-refractivity contribution in [3.63, 3.8) is 0 Å². The Labute approximate surface area is 122 Å². The van der Waals surface area contributed by atoms with Gasteiger partial charge in [-0.1, -0.05) is 0 Å². The highest BCUT2D eigenvalue weighted by Crippen LogP contribution is 2.42.